The fourth-order valence-electron chi connectivity index (χ4n) is 2.26. The number of pyridine rings is 1. The standard InChI is InChI=1S/C17H16N2O2/c1-11-5-7-13-3-2-4-14(17(13)19-11)18-10-12-6-8-15(20)16(21)9-12/h2-9,18,20-21H,10H2,1H3. The predicted molar refractivity (Wildman–Crippen MR) is 83.6 cm³/mol. The largest absolute Gasteiger partial charge is 0.504 e. The second-order valence-corrected chi connectivity index (χ2v) is 5.01. The average Bonchev–Trinajstić information content (AvgIpc) is 2.48. The van der Waals surface area contributed by atoms with Gasteiger partial charge >= 0.3 is 0 Å². The SMILES string of the molecule is Cc1ccc2cccc(NCc3ccc(O)c(O)c3)c2n1. The number of phenols is 2. The third-order valence-corrected chi connectivity index (χ3v) is 3.38. The van der Waals surface area contributed by atoms with Gasteiger partial charge in [-0.1, -0.05) is 24.3 Å². The van der Waals surface area contributed by atoms with Gasteiger partial charge in [0.1, 0.15) is 0 Å². The lowest BCUT2D eigenvalue weighted by Crippen LogP contribution is -2.00. The molecule has 3 N–H and O–H groups in total. The molecule has 3 rings (SSSR count). The molecule has 0 amide bonds. The molecular formula is C17H16N2O2. The second-order valence-electron chi connectivity index (χ2n) is 5.01. The van der Waals surface area contributed by atoms with Crippen molar-refractivity contribution < 1.29 is 10.2 Å². The van der Waals surface area contributed by atoms with Crippen molar-refractivity contribution in [2.45, 2.75) is 13.5 Å². The molecule has 4 nitrogen and oxygen atoms in total. The van der Waals surface area contributed by atoms with E-state index in [0.717, 1.165) is 27.8 Å². The summed E-state index contributed by atoms with van der Waals surface area (Å²) in [4.78, 5) is 4.57. The average molecular weight is 280 g/mol. The summed E-state index contributed by atoms with van der Waals surface area (Å²) in [6.07, 6.45) is 0. The molecule has 0 bridgehead atoms. The van der Waals surface area contributed by atoms with Crippen molar-refractivity contribution in [3.63, 3.8) is 0 Å². The minimum Gasteiger partial charge on any atom is -0.504 e. The van der Waals surface area contributed by atoms with Crippen molar-refractivity contribution in [3.05, 3.63) is 59.8 Å². The maximum atomic E-state index is 9.52. The summed E-state index contributed by atoms with van der Waals surface area (Å²) in [5.74, 6) is -0.220. The van der Waals surface area contributed by atoms with Gasteiger partial charge in [0.2, 0.25) is 0 Å². The summed E-state index contributed by atoms with van der Waals surface area (Å²) in [6, 6.07) is 14.8. The van der Waals surface area contributed by atoms with Crippen molar-refractivity contribution in [3.8, 4) is 11.5 Å². The molecule has 0 aliphatic rings. The number of hydrogen-bond acceptors (Lipinski definition) is 4. The van der Waals surface area contributed by atoms with Gasteiger partial charge < -0.3 is 15.5 Å². The minimum absolute atomic E-state index is 0.110. The molecule has 0 aliphatic carbocycles. The smallest absolute Gasteiger partial charge is 0.157 e. The van der Waals surface area contributed by atoms with Gasteiger partial charge in [-0.15, -0.1) is 0 Å². The van der Waals surface area contributed by atoms with Gasteiger partial charge in [0.15, 0.2) is 11.5 Å². The number of hydrogen-bond donors (Lipinski definition) is 3. The monoisotopic (exact) mass is 280 g/mol. The van der Waals surface area contributed by atoms with E-state index >= 15 is 0 Å². The molecule has 2 aromatic carbocycles. The minimum atomic E-state index is -0.110. The first-order valence-electron chi connectivity index (χ1n) is 6.74. The summed E-state index contributed by atoms with van der Waals surface area (Å²) in [5, 5.41) is 23.2. The Labute approximate surface area is 122 Å². The van der Waals surface area contributed by atoms with Crippen molar-refractivity contribution >= 4 is 16.6 Å². The Balaban J connectivity index is 1.88. The summed E-state index contributed by atoms with van der Waals surface area (Å²) < 4.78 is 0. The fraction of sp³-hybridized carbons (Fsp3) is 0.118. The third-order valence-electron chi connectivity index (χ3n) is 3.38. The number of nitrogens with zero attached hydrogens (tertiary/aromatic N) is 1. The Bertz CT molecular complexity index is 800. The van der Waals surface area contributed by atoms with E-state index in [4.69, 9.17) is 0 Å². The molecule has 0 aliphatic heterocycles. The molecule has 0 unspecified atom stereocenters. The molecule has 21 heavy (non-hydrogen) atoms. The van der Waals surface area contributed by atoms with Crippen molar-refractivity contribution in [1.29, 1.82) is 0 Å². The number of nitrogens with one attached hydrogen (secondary N) is 1. The topological polar surface area (TPSA) is 65.4 Å². The van der Waals surface area contributed by atoms with Crippen LogP contribution in [0.4, 0.5) is 5.69 Å². The number of aryl methyl sites for hydroxylation is 1. The zero-order valence-electron chi connectivity index (χ0n) is 11.7. The molecule has 0 saturated carbocycles. The zero-order valence-corrected chi connectivity index (χ0v) is 11.7. The van der Waals surface area contributed by atoms with Gasteiger partial charge in [-0.25, -0.2) is 0 Å². The second kappa shape index (κ2) is 5.32. The highest BCUT2D eigenvalue weighted by molar-refractivity contribution is 5.90. The Morgan fingerprint density at radius 2 is 1.86 bits per heavy atom. The van der Waals surface area contributed by atoms with E-state index in [-0.39, 0.29) is 11.5 Å². The predicted octanol–water partition coefficient (Wildman–Crippen LogP) is 3.57. The van der Waals surface area contributed by atoms with Crippen LogP contribution in [0.15, 0.2) is 48.5 Å². The van der Waals surface area contributed by atoms with Gasteiger partial charge in [0.05, 0.1) is 11.2 Å². The highest BCUT2D eigenvalue weighted by atomic mass is 16.3. The van der Waals surface area contributed by atoms with Crippen LogP contribution in [0.2, 0.25) is 0 Å². The maximum absolute atomic E-state index is 9.52. The van der Waals surface area contributed by atoms with E-state index in [2.05, 4.69) is 16.4 Å². The van der Waals surface area contributed by atoms with Crippen LogP contribution in [0, 0.1) is 6.92 Å². The summed E-state index contributed by atoms with van der Waals surface area (Å²) in [6.45, 7) is 2.51. The third kappa shape index (κ3) is 2.74. The number of aromatic hydroxyl groups is 2. The van der Waals surface area contributed by atoms with Crippen molar-refractivity contribution in [2.24, 2.45) is 0 Å². The first-order valence-corrected chi connectivity index (χ1v) is 6.74. The Morgan fingerprint density at radius 3 is 2.67 bits per heavy atom. The Kier molecular flexibility index (Phi) is 3.36. The van der Waals surface area contributed by atoms with Crippen LogP contribution in [0.5, 0.6) is 11.5 Å². The molecular weight excluding hydrogens is 264 g/mol. The quantitative estimate of drug-likeness (QED) is 0.642. The lowest BCUT2D eigenvalue weighted by Gasteiger charge is -2.10. The number of phenolic OH excluding ortho intramolecular Hbond substituents is 2. The van der Waals surface area contributed by atoms with Crippen LogP contribution in [0.1, 0.15) is 11.3 Å². The molecule has 0 atom stereocenters. The van der Waals surface area contributed by atoms with Crippen LogP contribution in [-0.2, 0) is 6.54 Å². The number of fused-ring (bicyclic) bond motifs is 1. The van der Waals surface area contributed by atoms with Gasteiger partial charge in [-0.05, 0) is 36.8 Å². The molecule has 3 aromatic rings. The van der Waals surface area contributed by atoms with E-state index < -0.39 is 0 Å². The van der Waals surface area contributed by atoms with E-state index in [1.165, 1.54) is 6.07 Å². The van der Waals surface area contributed by atoms with E-state index in [9.17, 15) is 10.2 Å². The summed E-state index contributed by atoms with van der Waals surface area (Å²) in [5.41, 5.74) is 3.73. The lowest BCUT2D eigenvalue weighted by molar-refractivity contribution is 0.403. The first kappa shape index (κ1) is 13.2. The highest BCUT2D eigenvalue weighted by Gasteiger charge is 2.04. The van der Waals surface area contributed by atoms with Crippen molar-refractivity contribution in [1.82, 2.24) is 4.98 Å². The van der Waals surface area contributed by atoms with Gasteiger partial charge in [-0.3, -0.25) is 4.98 Å². The van der Waals surface area contributed by atoms with E-state index in [0.29, 0.717) is 6.54 Å². The normalized spacial score (nSPS) is 10.7. The summed E-state index contributed by atoms with van der Waals surface area (Å²) >= 11 is 0. The van der Waals surface area contributed by atoms with Gasteiger partial charge in [-0.2, -0.15) is 0 Å². The number of aromatic nitrogens is 1. The van der Waals surface area contributed by atoms with Crippen LogP contribution in [0.25, 0.3) is 10.9 Å². The maximum Gasteiger partial charge on any atom is 0.157 e. The first-order chi connectivity index (χ1) is 10.1. The van der Waals surface area contributed by atoms with Crippen LogP contribution >= 0.6 is 0 Å². The number of para-hydroxylation sites is 1. The molecule has 0 radical (unpaired) electrons. The van der Waals surface area contributed by atoms with Gasteiger partial charge in [0, 0.05) is 17.6 Å². The molecule has 0 spiro atoms. The number of benzene rings is 2. The lowest BCUT2D eigenvalue weighted by atomic mass is 10.1. The Morgan fingerprint density at radius 1 is 1.00 bits per heavy atom. The molecule has 1 aromatic heterocycles. The summed E-state index contributed by atoms with van der Waals surface area (Å²) in [7, 11) is 0. The van der Waals surface area contributed by atoms with Crippen LogP contribution in [0.3, 0.4) is 0 Å². The van der Waals surface area contributed by atoms with E-state index in [1.54, 1.807) is 12.1 Å². The molecule has 0 saturated heterocycles. The van der Waals surface area contributed by atoms with E-state index in [1.807, 2.05) is 31.2 Å². The fourth-order valence-corrected chi connectivity index (χ4v) is 2.26. The number of anilines is 1. The molecule has 4 heteroatoms. The van der Waals surface area contributed by atoms with Crippen molar-refractivity contribution in [2.75, 3.05) is 5.32 Å². The zero-order chi connectivity index (χ0) is 14.8. The Hall–Kier alpha value is -2.75. The molecule has 1 heterocycles. The molecule has 106 valence electrons. The van der Waals surface area contributed by atoms with Crippen LogP contribution < -0.4 is 5.32 Å². The molecule has 0 fully saturated rings. The van der Waals surface area contributed by atoms with Gasteiger partial charge in [0.25, 0.3) is 0 Å². The highest BCUT2D eigenvalue weighted by Crippen LogP contribution is 2.26. The number of rotatable bonds is 3. The van der Waals surface area contributed by atoms with Crippen LogP contribution in [-0.4, -0.2) is 15.2 Å².